The van der Waals surface area contributed by atoms with E-state index in [-0.39, 0.29) is 17.7 Å². The number of rotatable bonds is 5. The van der Waals surface area contributed by atoms with Gasteiger partial charge in [0, 0.05) is 32.1 Å². The van der Waals surface area contributed by atoms with Gasteiger partial charge in [-0.15, -0.1) is 0 Å². The summed E-state index contributed by atoms with van der Waals surface area (Å²) in [5.74, 6) is 0.770. The predicted molar refractivity (Wildman–Crippen MR) is 93.3 cm³/mol. The molecule has 23 heavy (non-hydrogen) atoms. The van der Waals surface area contributed by atoms with Gasteiger partial charge in [-0.25, -0.2) is 8.42 Å². The van der Waals surface area contributed by atoms with Crippen molar-refractivity contribution in [3.63, 3.8) is 0 Å². The summed E-state index contributed by atoms with van der Waals surface area (Å²) in [7, 11) is -3.08. The zero-order valence-electron chi connectivity index (χ0n) is 14.8. The Morgan fingerprint density at radius 3 is 2.52 bits per heavy atom. The molecule has 2 N–H and O–H groups in total. The number of aliphatic imine (C=N–C) groups is 1. The fourth-order valence-corrected chi connectivity index (χ4v) is 3.77. The summed E-state index contributed by atoms with van der Waals surface area (Å²) in [5, 5.41) is 6.01. The molecule has 7 nitrogen and oxygen atoms in total. The number of guanidine groups is 1. The third-order valence-corrected chi connectivity index (χ3v) is 6.26. The molecule has 1 fully saturated rings. The fraction of sp³-hybridized carbons (Fsp3) is 0.867. The summed E-state index contributed by atoms with van der Waals surface area (Å²) in [6.45, 7) is 11.2. The number of hydrogen-bond donors (Lipinski definition) is 2. The molecule has 0 aromatic heterocycles. The highest BCUT2D eigenvalue weighted by molar-refractivity contribution is 7.92. The van der Waals surface area contributed by atoms with Crippen molar-refractivity contribution < 1.29 is 13.2 Å². The number of nitrogens with zero attached hydrogens (tertiary/aromatic N) is 2. The molecular formula is C15H30N4O3S. The first-order valence-corrected chi connectivity index (χ1v) is 9.79. The normalized spacial score (nSPS) is 20.4. The predicted octanol–water partition coefficient (Wildman–Crippen LogP) is 0.376. The fourth-order valence-electron chi connectivity index (χ4n) is 2.41. The van der Waals surface area contributed by atoms with Crippen LogP contribution in [0.2, 0.25) is 0 Å². The van der Waals surface area contributed by atoms with Crippen LogP contribution in [0, 0.1) is 0 Å². The van der Waals surface area contributed by atoms with E-state index in [9.17, 15) is 13.2 Å². The molecule has 0 atom stereocenters. The van der Waals surface area contributed by atoms with Crippen LogP contribution in [-0.2, 0) is 14.6 Å². The zero-order chi connectivity index (χ0) is 17.7. The Morgan fingerprint density at radius 2 is 2.00 bits per heavy atom. The summed E-state index contributed by atoms with van der Waals surface area (Å²) in [6.07, 6.45) is 0.322. The molecule has 0 unspecified atom stereocenters. The topological polar surface area (TPSA) is 90.9 Å². The van der Waals surface area contributed by atoms with E-state index in [0.717, 1.165) is 0 Å². The third-order valence-electron chi connectivity index (χ3n) is 3.73. The van der Waals surface area contributed by atoms with E-state index in [1.807, 2.05) is 25.7 Å². The lowest BCUT2D eigenvalue weighted by Crippen LogP contribution is -2.57. The highest BCUT2D eigenvalue weighted by atomic mass is 32.2. The minimum Gasteiger partial charge on any atom is -0.357 e. The zero-order valence-corrected chi connectivity index (χ0v) is 15.7. The van der Waals surface area contributed by atoms with E-state index in [1.165, 1.54) is 0 Å². The summed E-state index contributed by atoms with van der Waals surface area (Å²) >= 11 is 0. The lowest BCUT2D eigenvalue weighted by atomic mass is 10.2. The molecule has 8 heteroatoms. The van der Waals surface area contributed by atoms with Gasteiger partial charge < -0.3 is 15.5 Å². The van der Waals surface area contributed by atoms with Crippen LogP contribution < -0.4 is 10.6 Å². The number of amides is 1. The van der Waals surface area contributed by atoms with E-state index in [1.54, 1.807) is 13.8 Å². The van der Waals surface area contributed by atoms with Crippen LogP contribution in [0.25, 0.3) is 0 Å². The smallest absolute Gasteiger partial charge is 0.222 e. The SMILES string of the molecule is CCNC(=NCCC(=O)NC(C)C)N1CCS(=O)(=O)C(C)(C)C1. The van der Waals surface area contributed by atoms with E-state index < -0.39 is 14.6 Å². The van der Waals surface area contributed by atoms with Crippen molar-refractivity contribution in [3.8, 4) is 0 Å². The highest BCUT2D eigenvalue weighted by Crippen LogP contribution is 2.23. The molecule has 1 aliphatic rings. The second-order valence-electron chi connectivity index (χ2n) is 6.71. The molecule has 0 aliphatic carbocycles. The average molecular weight is 346 g/mol. The molecule has 1 saturated heterocycles. The Hall–Kier alpha value is -1.31. The van der Waals surface area contributed by atoms with E-state index >= 15 is 0 Å². The summed E-state index contributed by atoms with van der Waals surface area (Å²) in [4.78, 5) is 18.1. The van der Waals surface area contributed by atoms with E-state index in [2.05, 4.69) is 15.6 Å². The van der Waals surface area contributed by atoms with Crippen LogP contribution in [0.3, 0.4) is 0 Å². The van der Waals surface area contributed by atoms with Crippen molar-refractivity contribution in [2.75, 3.05) is 31.9 Å². The number of carbonyl (C=O) groups excluding carboxylic acids is 1. The Kier molecular flexibility index (Phi) is 6.85. The molecular weight excluding hydrogens is 316 g/mol. The van der Waals surface area contributed by atoms with Crippen LogP contribution in [-0.4, -0.2) is 67.9 Å². The van der Waals surface area contributed by atoms with E-state index in [4.69, 9.17) is 0 Å². The number of hydrogen-bond acceptors (Lipinski definition) is 4. The minimum absolute atomic E-state index is 0.0267. The standard InChI is InChI=1S/C15H30N4O3S/c1-6-16-14(17-8-7-13(20)18-12(2)3)19-9-10-23(21,22)15(4,5)11-19/h12H,6-11H2,1-5H3,(H,16,17)(H,18,20). The Labute approximate surface area is 139 Å². The number of sulfone groups is 1. The lowest BCUT2D eigenvalue weighted by molar-refractivity contribution is -0.121. The molecule has 1 heterocycles. The number of carbonyl (C=O) groups is 1. The summed E-state index contributed by atoms with van der Waals surface area (Å²) in [5.41, 5.74) is 0. The summed E-state index contributed by atoms with van der Waals surface area (Å²) in [6, 6.07) is 0.118. The van der Waals surface area contributed by atoms with Crippen LogP contribution in [0.4, 0.5) is 0 Å². The lowest BCUT2D eigenvalue weighted by Gasteiger charge is -2.39. The van der Waals surface area contributed by atoms with Gasteiger partial charge in [-0.05, 0) is 34.6 Å². The molecule has 0 saturated carbocycles. The maximum Gasteiger partial charge on any atom is 0.222 e. The quantitative estimate of drug-likeness (QED) is 0.555. The second kappa shape index (κ2) is 7.99. The van der Waals surface area contributed by atoms with Gasteiger partial charge in [0.2, 0.25) is 5.91 Å². The van der Waals surface area contributed by atoms with Gasteiger partial charge in [0.15, 0.2) is 15.8 Å². The Morgan fingerprint density at radius 1 is 1.35 bits per heavy atom. The largest absolute Gasteiger partial charge is 0.357 e. The molecule has 0 spiro atoms. The van der Waals surface area contributed by atoms with Crippen LogP contribution >= 0.6 is 0 Å². The molecule has 0 radical (unpaired) electrons. The molecule has 0 aromatic carbocycles. The molecule has 0 bridgehead atoms. The van der Waals surface area contributed by atoms with Crippen molar-refractivity contribution >= 4 is 21.7 Å². The van der Waals surface area contributed by atoms with Gasteiger partial charge in [-0.3, -0.25) is 9.79 Å². The molecule has 1 rings (SSSR count). The van der Waals surface area contributed by atoms with Gasteiger partial charge in [-0.1, -0.05) is 0 Å². The van der Waals surface area contributed by atoms with Gasteiger partial charge in [0.1, 0.15) is 0 Å². The van der Waals surface area contributed by atoms with Gasteiger partial charge in [0.25, 0.3) is 0 Å². The molecule has 134 valence electrons. The van der Waals surface area contributed by atoms with Crippen molar-refractivity contribution in [2.24, 2.45) is 4.99 Å². The number of nitrogens with one attached hydrogen (secondary N) is 2. The minimum atomic E-state index is -3.08. The van der Waals surface area contributed by atoms with E-state index in [0.29, 0.717) is 38.6 Å². The maximum absolute atomic E-state index is 12.1. The average Bonchev–Trinajstić information content (AvgIpc) is 2.40. The summed E-state index contributed by atoms with van der Waals surface area (Å²) < 4.78 is 23.4. The van der Waals surface area contributed by atoms with Crippen LogP contribution in [0.15, 0.2) is 4.99 Å². The first kappa shape index (κ1) is 19.7. The van der Waals surface area contributed by atoms with Crippen molar-refractivity contribution in [2.45, 2.75) is 51.8 Å². The molecule has 0 aromatic rings. The first-order chi connectivity index (χ1) is 10.6. The molecule has 1 amide bonds. The van der Waals surface area contributed by atoms with Crippen molar-refractivity contribution in [1.29, 1.82) is 0 Å². The monoisotopic (exact) mass is 346 g/mol. The Bertz CT molecular complexity index is 541. The maximum atomic E-state index is 12.1. The third kappa shape index (κ3) is 5.67. The van der Waals surface area contributed by atoms with Crippen LogP contribution in [0.1, 0.15) is 41.0 Å². The first-order valence-electron chi connectivity index (χ1n) is 8.14. The van der Waals surface area contributed by atoms with Crippen LogP contribution in [0.5, 0.6) is 0 Å². The van der Waals surface area contributed by atoms with Gasteiger partial charge in [0.05, 0.1) is 17.0 Å². The highest BCUT2D eigenvalue weighted by Gasteiger charge is 2.40. The Balaban J connectivity index is 2.71. The van der Waals surface area contributed by atoms with Crippen molar-refractivity contribution in [1.82, 2.24) is 15.5 Å². The van der Waals surface area contributed by atoms with Crippen molar-refractivity contribution in [3.05, 3.63) is 0 Å². The van der Waals surface area contributed by atoms with Gasteiger partial charge >= 0.3 is 0 Å². The molecule has 1 aliphatic heterocycles. The van der Waals surface area contributed by atoms with Gasteiger partial charge in [-0.2, -0.15) is 0 Å². The second-order valence-corrected chi connectivity index (χ2v) is 9.45.